The van der Waals surface area contributed by atoms with Crippen molar-refractivity contribution in [1.82, 2.24) is 9.78 Å². The molecular formula is C16H21BrN2O. The molecule has 108 valence electrons. The van der Waals surface area contributed by atoms with Crippen molar-refractivity contribution < 1.29 is 5.11 Å². The molecule has 0 aliphatic heterocycles. The third-order valence-electron chi connectivity index (χ3n) is 3.45. The van der Waals surface area contributed by atoms with Crippen molar-refractivity contribution in [2.75, 3.05) is 0 Å². The lowest BCUT2D eigenvalue weighted by Gasteiger charge is -2.23. The number of aromatic nitrogens is 2. The summed E-state index contributed by atoms with van der Waals surface area (Å²) in [5, 5.41) is 15.1. The Morgan fingerprint density at radius 3 is 2.45 bits per heavy atom. The van der Waals surface area contributed by atoms with Gasteiger partial charge >= 0.3 is 0 Å². The predicted molar refractivity (Wildman–Crippen MR) is 84.8 cm³/mol. The largest absolute Gasteiger partial charge is 0.389 e. The Morgan fingerprint density at radius 1 is 1.25 bits per heavy atom. The van der Waals surface area contributed by atoms with Gasteiger partial charge in [-0.25, -0.2) is 0 Å². The third-order valence-corrected chi connectivity index (χ3v) is 3.98. The van der Waals surface area contributed by atoms with Crippen molar-refractivity contribution in [1.29, 1.82) is 0 Å². The van der Waals surface area contributed by atoms with Gasteiger partial charge in [0.2, 0.25) is 0 Å². The average Bonchev–Trinajstić information content (AvgIpc) is 2.72. The molecule has 0 fully saturated rings. The van der Waals surface area contributed by atoms with Gasteiger partial charge in [-0.05, 0) is 37.1 Å². The van der Waals surface area contributed by atoms with Crippen molar-refractivity contribution in [2.45, 2.75) is 38.7 Å². The highest BCUT2D eigenvalue weighted by atomic mass is 79.9. The lowest BCUT2D eigenvalue weighted by atomic mass is 9.92. The maximum absolute atomic E-state index is 10.6. The summed E-state index contributed by atoms with van der Waals surface area (Å²) >= 11 is 3.42. The first-order chi connectivity index (χ1) is 9.39. The molecule has 4 heteroatoms. The predicted octanol–water partition coefficient (Wildman–Crippen LogP) is 3.28. The fraction of sp³-hybridized carbons (Fsp3) is 0.438. The van der Waals surface area contributed by atoms with Gasteiger partial charge in [0.05, 0.1) is 11.3 Å². The van der Waals surface area contributed by atoms with E-state index < -0.39 is 5.60 Å². The monoisotopic (exact) mass is 336 g/mol. The SMILES string of the molecule is CCc1cc(CC(C)(O)Cc2ccc(Br)cc2)n(C)n1. The molecule has 1 unspecified atom stereocenters. The van der Waals surface area contributed by atoms with Gasteiger partial charge < -0.3 is 5.11 Å². The van der Waals surface area contributed by atoms with Crippen LogP contribution >= 0.6 is 15.9 Å². The van der Waals surface area contributed by atoms with Crippen LogP contribution in [0.2, 0.25) is 0 Å². The number of aliphatic hydroxyl groups is 1. The number of hydrogen-bond donors (Lipinski definition) is 1. The molecule has 0 radical (unpaired) electrons. The Morgan fingerprint density at radius 2 is 1.90 bits per heavy atom. The number of rotatable bonds is 5. The molecule has 0 saturated heterocycles. The zero-order valence-corrected chi connectivity index (χ0v) is 13.8. The van der Waals surface area contributed by atoms with E-state index >= 15 is 0 Å². The summed E-state index contributed by atoms with van der Waals surface area (Å²) in [5.41, 5.74) is 2.51. The molecule has 2 rings (SSSR count). The summed E-state index contributed by atoms with van der Waals surface area (Å²) < 4.78 is 2.93. The minimum atomic E-state index is -0.771. The molecule has 0 aliphatic carbocycles. The molecule has 1 aromatic heterocycles. The summed E-state index contributed by atoms with van der Waals surface area (Å²) in [6.07, 6.45) is 2.15. The van der Waals surface area contributed by atoms with E-state index in [4.69, 9.17) is 0 Å². The smallest absolute Gasteiger partial charge is 0.0715 e. The Balaban J connectivity index is 2.09. The van der Waals surface area contributed by atoms with Gasteiger partial charge in [-0.1, -0.05) is 35.0 Å². The number of hydrogen-bond acceptors (Lipinski definition) is 2. The second kappa shape index (κ2) is 6.10. The van der Waals surface area contributed by atoms with Gasteiger partial charge in [-0.15, -0.1) is 0 Å². The molecule has 2 aromatic rings. The molecule has 20 heavy (non-hydrogen) atoms. The van der Waals surface area contributed by atoms with Crippen molar-refractivity contribution in [3.63, 3.8) is 0 Å². The van der Waals surface area contributed by atoms with E-state index in [-0.39, 0.29) is 0 Å². The maximum Gasteiger partial charge on any atom is 0.0715 e. The highest BCUT2D eigenvalue weighted by Crippen LogP contribution is 2.20. The first-order valence-electron chi connectivity index (χ1n) is 6.88. The van der Waals surface area contributed by atoms with Crippen LogP contribution in [0.25, 0.3) is 0 Å². The summed E-state index contributed by atoms with van der Waals surface area (Å²) in [7, 11) is 1.93. The van der Waals surface area contributed by atoms with Crippen LogP contribution in [0.5, 0.6) is 0 Å². The molecule has 1 atom stereocenters. The van der Waals surface area contributed by atoms with Crippen LogP contribution in [-0.4, -0.2) is 20.5 Å². The van der Waals surface area contributed by atoms with Crippen molar-refractivity contribution in [3.8, 4) is 0 Å². The zero-order valence-electron chi connectivity index (χ0n) is 12.2. The van der Waals surface area contributed by atoms with E-state index in [9.17, 15) is 5.11 Å². The van der Waals surface area contributed by atoms with Crippen LogP contribution in [0.1, 0.15) is 30.8 Å². The van der Waals surface area contributed by atoms with Crippen LogP contribution in [-0.2, 0) is 26.3 Å². The lowest BCUT2D eigenvalue weighted by molar-refractivity contribution is 0.0589. The number of halogens is 1. The molecular weight excluding hydrogens is 316 g/mol. The van der Waals surface area contributed by atoms with Gasteiger partial charge in [-0.3, -0.25) is 4.68 Å². The van der Waals surface area contributed by atoms with Gasteiger partial charge in [0.25, 0.3) is 0 Å². The lowest BCUT2D eigenvalue weighted by Crippen LogP contribution is -2.31. The normalized spacial score (nSPS) is 14.2. The van der Waals surface area contributed by atoms with Crippen LogP contribution in [0, 0.1) is 0 Å². The van der Waals surface area contributed by atoms with E-state index in [1.807, 2.05) is 42.9 Å². The molecule has 3 nitrogen and oxygen atoms in total. The maximum atomic E-state index is 10.6. The van der Waals surface area contributed by atoms with Crippen molar-refractivity contribution in [2.24, 2.45) is 7.05 Å². The van der Waals surface area contributed by atoms with E-state index in [0.717, 1.165) is 27.8 Å². The van der Waals surface area contributed by atoms with E-state index in [1.165, 1.54) is 0 Å². The standard InChI is InChI=1S/C16H21BrN2O/c1-4-14-9-15(19(3)18-14)11-16(2,20)10-12-5-7-13(17)8-6-12/h5-9,20H,4,10-11H2,1-3H3. The van der Waals surface area contributed by atoms with Crippen molar-refractivity contribution >= 4 is 15.9 Å². The molecule has 0 saturated carbocycles. The average molecular weight is 337 g/mol. The van der Waals surface area contributed by atoms with Gasteiger partial charge in [0.15, 0.2) is 0 Å². The van der Waals surface area contributed by atoms with Crippen molar-refractivity contribution in [3.05, 3.63) is 51.8 Å². The molecule has 1 aromatic carbocycles. The quantitative estimate of drug-likeness (QED) is 0.909. The van der Waals surface area contributed by atoms with E-state index in [2.05, 4.69) is 34.0 Å². The van der Waals surface area contributed by atoms with Gasteiger partial charge in [0, 0.05) is 30.1 Å². The summed E-state index contributed by atoms with van der Waals surface area (Å²) in [6, 6.07) is 10.2. The molecule has 0 amide bonds. The van der Waals surface area contributed by atoms with E-state index in [0.29, 0.717) is 12.8 Å². The Hall–Kier alpha value is -1.13. The van der Waals surface area contributed by atoms with Crippen LogP contribution in [0.15, 0.2) is 34.8 Å². The highest BCUT2D eigenvalue weighted by molar-refractivity contribution is 9.10. The third kappa shape index (κ3) is 3.93. The second-order valence-electron chi connectivity index (χ2n) is 5.58. The fourth-order valence-electron chi connectivity index (χ4n) is 2.40. The number of aryl methyl sites for hydroxylation is 2. The highest BCUT2D eigenvalue weighted by Gasteiger charge is 2.23. The zero-order chi connectivity index (χ0) is 14.8. The topological polar surface area (TPSA) is 38.0 Å². The summed E-state index contributed by atoms with van der Waals surface area (Å²) in [4.78, 5) is 0. The Labute approximate surface area is 128 Å². The minimum absolute atomic E-state index is 0.604. The minimum Gasteiger partial charge on any atom is -0.389 e. The van der Waals surface area contributed by atoms with Crippen LogP contribution in [0.3, 0.4) is 0 Å². The van der Waals surface area contributed by atoms with Gasteiger partial charge in [-0.2, -0.15) is 5.10 Å². The first kappa shape index (κ1) is 15.3. The summed E-state index contributed by atoms with van der Waals surface area (Å²) in [6.45, 7) is 3.97. The number of nitrogens with zero attached hydrogens (tertiary/aromatic N) is 2. The summed E-state index contributed by atoms with van der Waals surface area (Å²) in [5.74, 6) is 0. The molecule has 0 aliphatic rings. The van der Waals surface area contributed by atoms with E-state index in [1.54, 1.807) is 0 Å². The first-order valence-corrected chi connectivity index (χ1v) is 7.67. The van der Waals surface area contributed by atoms with Crippen LogP contribution < -0.4 is 0 Å². The second-order valence-corrected chi connectivity index (χ2v) is 6.50. The molecule has 0 spiro atoms. The number of benzene rings is 1. The fourth-order valence-corrected chi connectivity index (χ4v) is 2.67. The van der Waals surface area contributed by atoms with Gasteiger partial charge in [0.1, 0.15) is 0 Å². The Bertz CT molecular complexity index is 573. The molecule has 0 bridgehead atoms. The Kier molecular flexibility index (Phi) is 4.66. The van der Waals surface area contributed by atoms with Crippen LogP contribution in [0.4, 0.5) is 0 Å². The molecule has 1 heterocycles. The molecule has 1 N–H and O–H groups in total.